The lowest BCUT2D eigenvalue weighted by molar-refractivity contribution is -0.213. The summed E-state index contributed by atoms with van der Waals surface area (Å²) in [6.45, 7) is 7.27. The van der Waals surface area contributed by atoms with Crippen molar-refractivity contribution >= 4 is 5.97 Å². The highest BCUT2D eigenvalue weighted by Gasteiger charge is 2.57. The van der Waals surface area contributed by atoms with Crippen LogP contribution in [0.1, 0.15) is 43.9 Å². The van der Waals surface area contributed by atoms with Crippen molar-refractivity contribution in [3.05, 3.63) is 108 Å². The number of esters is 1. The number of hydroxylamine groups is 2. The monoisotopic (exact) mass is 545 g/mol. The van der Waals surface area contributed by atoms with Crippen LogP contribution in [0.15, 0.2) is 91.0 Å². The maximum atomic E-state index is 13.0. The summed E-state index contributed by atoms with van der Waals surface area (Å²) in [5.74, 6) is -0.366. The molecule has 2 aliphatic heterocycles. The normalized spacial score (nSPS) is 24.6. The van der Waals surface area contributed by atoms with Gasteiger partial charge in [0.25, 0.3) is 0 Å². The number of carbonyl (C=O) groups excluding carboxylic acids is 1. The van der Waals surface area contributed by atoms with E-state index in [1.807, 2.05) is 117 Å². The fourth-order valence-corrected chi connectivity index (χ4v) is 5.27. The fraction of sp³-hybridized carbons (Fsp3) is 0.424. The highest BCUT2D eigenvalue weighted by molar-refractivity contribution is 5.75. The van der Waals surface area contributed by atoms with E-state index in [1.165, 1.54) is 0 Å². The van der Waals surface area contributed by atoms with Crippen molar-refractivity contribution in [2.45, 2.75) is 83.0 Å². The van der Waals surface area contributed by atoms with Crippen molar-refractivity contribution in [3.8, 4) is 0 Å². The quantitative estimate of drug-likeness (QED) is 0.296. The van der Waals surface area contributed by atoms with Gasteiger partial charge in [-0.1, -0.05) is 91.0 Å². The van der Waals surface area contributed by atoms with Crippen LogP contribution in [0.4, 0.5) is 0 Å². The molecule has 7 nitrogen and oxygen atoms in total. The van der Waals surface area contributed by atoms with E-state index in [0.717, 1.165) is 16.7 Å². The third-order valence-corrected chi connectivity index (χ3v) is 7.08. The van der Waals surface area contributed by atoms with Crippen LogP contribution >= 0.6 is 0 Å². The van der Waals surface area contributed by atoms with Crippen LogP contribution in [0.3, 0.4) is 0 Å². The molecule has 0 aromatic heterocycles. The number of hydrogen-bond acceptors (Lipinski definition) is 7. The van der Waals surface area contributed by atoms with Crippen LogP contribution in [-0.2, 0) is 48.4 Å². The smallest absolute Gasteiger partial charge is 0.338 e. The summed E-state index contributed by atoms with van der Waals surface area (Å²) in [7, 11) is 0. The molecule has 5 rings (SSSR count). The standard InChI is InChI=1S/C33H39NO6/c1-33(2,3)39-32(35)29-19-27-30(37-21-25-15-9-5-10-16-25)31(38-22-26-17-11-6-12-18-26)28(34(27)40-29)23-36-20-24-13-7-4-8-14-24/h4-18,27-31H,19-23H2,1-3H3/t27-,28-,29-,30+,31-/m1/s1. The molecule has 0 radical (unpaired) electrons. The lowest BCUT2D eigenvalue weighted by Crippen LogP contribution is -2.43. The Morgan fingerprint density at radius 3 is 1.80 bits per heavy atom. The predicted molar refractivity (Wildman–Crippen MR) is 151 cm³/mol. The molecule has 3 aromatic carbocycles. The second-order valence-corrected chi connectivity index (χ2v) is 11.4. The first-order valence-corrected chi connectivity index (χ1v) is 14.0. The summed E-state index contributed by atoms with van der Waals surface area (Å²) >= 11 is 0. The maximum absolute atomic E-state index is 13.0. The van der Waals surface area contributed by atoms with Gasteiger partial charge in [0, 0.05) is 6.42 Å². The molecule has 2 fully saturated rings. The number of nitrogens with zero attached hydrogens (tertiary/aromatic N) is 1. The maximum Gasteiger partial charge on any atom is 0.338 e. The zero-order valence-electron chi connectivity index (χ0n) is 23.5. The number of benzene rings is 3. The Labute approximate surface area is 236 Å². The van der Waals surface area contributed by atoms with E-state index in [-0.39, 0.29) is 30.3 Å². The first kappa shape index (κ1) is 28.5. The summed E-state index contributed by atoms with van der Waals surface area (Å²) in [4.78, 5) is 19.3. The van der Waals surface area contributed by atoms with Gasteiger partial charge >= 0.3 is 5.97 Å². The minimum atomic E-state index is -0.709. The third kappa shape index (κ3) is 7.36. The van der Waals surface area contributed by atoms with Gasteiger partial charge in [0.15, 0.2) is 6.10 Å². The molecule has 0 unspecified atom stereocenters. The minimum absolute atomic E-state index is 0.188. The zero-order valence-corrected chi connectivity index (χ0v) is 23.5. The molecule has 0 aliphatic carbocycles. The van der Waals surface area contributed by atoms with Crippen molar-refractivity contribution in [1.82, 2.24) is 5.06 Å². The molecule has 212 valence electrons. The molecule has 3 aromatic rings. The summed E-state index contributed by atoms with van der Waals surface area (Å²) in [5.41, 5.74) is 2.63. The lowest BCUT2D eigenvalue weighted by atomic mass is 10.0. The van der Waals surface area contributed by atoms with Crippen molar-refractivity contribution in [3.63, 3.8) is 0 Å². The van der Waals surface area contributed by atoms with Crippen LogP contribution in [0.25, 0.3) is 0 Å². The van der Waals surface area contributed by atoms with Crippen LogP contribution in [0.5, 0.6) is 0 Å². The van der Waals surface area contributed by atoms with Gasteiger partial charge in [-0.05, 0) is 37.5 Å². The van der Waals surface area contributed by atoms with Crippen LogP contribution in [0, 0.1) is 0 Å². The molecule has 2 saturated heterocycles. The predicted octanol–water partition coefficient (Wildman–Crippen LogP) is 5.47. The van der Waals surface area contributed by atoms with Gasteiger partial charge in [0.1, 0.15) is 17.8 Å². The SMILES string of the molecule is CC(C)(C)OC(=O)[C@H]1C[C@@H]2[C@H](OCc3ccccc3)[C@H](OCc3ccccc3)[C@@H](COCc3ccccc3)N2O1. The van der Waals surface area contributed by atoms with Crippen molar-refractivity contribution in [2.24, 2.45) is 0 Å². The second kappa shape index (κ2) is 13.1. The average Bonchev–Trinajstić information content (AvgIpc) is 3.50. The molecule has 0 saturated carbocycles. The molecule has 0 N–H and O–H groups in total. The van der Waals surface area contributed by atoms with E-state index in [1.54, 1.807) is 0 Å². The molecule has 0 amide bonds. The van der Waals surface area contributed by atoms with Gasteiger partial charge in [-0.2, -0.15) is 5.06 Å². The highest BCUT2D eigenvalue weighted by Crippen LogP contribution is 2.40. The Bertz CT molecular complexity index is 1200. The fourth-order valence-electron chi connectivity index (χ4n) is 5.27. The largest absolute Gasteiger partial charge is 0.458 e. The van der Waals surface area contributed by atoms with Gasteiger partial charge < -0.3 is 18.9 Å². The Kier molecular flexibility index (Phi) is 9.29. The van der Waals surface area contributed by atoms with Crippen LogP contribution in [-0.4, -0.2) is 53.6 Å². The van der Waals surface area contributed by atoms with Crippen molar-refractivity contribution in [2.75, 3.05) is 6.61 Å². The van der Waals surface area contributed by atoms with E-state index < -0.39 is 11.7 Å². The molecule has 7 heteroatoms. The highest BCUT2D eigenvalue weighted by atomic mass is 16.7. The number of carbonyl (C=O) groups is 1. The molecule has 0 bridgehead atoms. The third-order valence-electron chi connectivity index (χ3n) is 7.08. The van der Waals surface area contributed by atoms with Gasteiger partial charge in [0.05, 0.1) is 38.5 Å². The number of hydrogen-bond donors (Lipinski definition) is 0. The summed E-state index contributed by atoms with van der Waals surface area (Å²) < 4.78 is 25.0. The first-order chi connectivity index (χ1) is 19.4. The average molecular weight is 546 g/mol. The van der Waals surface area contributed by atoms with Gasteiger partial charge in [-0.3, -0.25) is 4.84 Å². The van der Waals surface area contributed by atoms with Crippen LogP contribution < -0.4 is 0 Å². The Morgan fingerprint density at radius 2 is 1.27 bits per heavy atom. The van der Waals surface area contributed by atoms with Gasteiger partial charge in [-0.15, -0.1) is 0 Å². The Hall–Kier alpha value is -3.07. The number of ether oxygens (including phenoxy) is 4. The summed E-state index contributed by atoms with van der Waals surface area (Å²) in [6.07, 6.45) is -0.918. The molecular weight excluding hydrogens is 506 g/mol. The van der Waals surface area contributed by atoms with E-state index in [4.69, 9.17) is 23.8 Å². The summed E-state index contributed by atoms with van der Waals surface area (Å²) in [5, 5.41) is 1.88. The number of fused-ring (bicyclic) bond motifs is 1. The van der Waals surface area contributed by atoms with Crippen molar-refractivity contribution < 1.29 is 28.6 Å². The van der Waals surface area contributed by atoms with E-state index in [0.29, 0.717) is 32.8 Å². The van der Waals surface area contributed by atoms with E-state index in [9.17, 15) is 4.79 Å². The minimum Gasteiger partial charge on any atom is -0.458 e. The zero-order chi connectivity index (χ0) is 28.0. The van der Waals surface area contributed by atoms with Crippen LogP contribution in [0.2, 0.25) is 0 Å². The topological polar surface area (TPSA) is 66.5 Å². The van der Waals surface area contributed by atoms with E-state index >= 15 is 0 Å². The van der Waals surface area contributed by atoms with E-state index in [2.05, 4.69) is 0 Å². The number of rotatable bonds is 11. The molecule has 0 spiro atoms. The van der Waals surface area contributed by atoms with Gasteiger partial charge in [0.2, 0.25) is 0 Å². The van der Waals surface area contributed by atoms with Crippen molar-refractivity contribution in [1.29, 1.82) is 0 Å². The van der Waals surface area contributed by atoms with Gasteiger partial charge in [-0.25, -0.2) is 4.79 Å². The second-order valence-electron chi connectivity index (χ2n) is 11.4. The molecule has 2 heterocycles. The molecule has 5 atom stereocenters. The molecule has 40 heavy (non-hydrogen) atoms. The Balaban J connectivity index is 1.36. The lowest BCUT2D eigenvalue weighted by Gasteiger charge is -2.29. The summed E-state index contributed by atoms with van der Waals surface area (Å²) in [6, 6.07) is 29.8. The Morgan fingerprint density at radius 1 is 0.775 bits per heavy atom. The molecular formula is C33H39NO6. The first-order valence-electron chi connectivity index (χ1n) is 14.0. The molecule has 2 aliphatic rings.